The van der Waals surface area contributed by atoms with Gasteiger partial charge in [0.1, 0.15) is 10.5 Å². The smallest absolute Gasteiger partial charge is 0.425 e. The van der Waals surface area contributed by atoms with Crippen LogP contribution in [0.4, 0.5) is 13.2 Å². The summed E-state index contributed by atoms with van der Waals surface area (Å²) in [4.78, 5) is 31.1. The Morgan fingerprint density at radius 3 is 2.64 bits per heavy atom. The Kier molecular flexibility index (Phi) is 6.34. The third-order valence-electron chi connectivity index (χ3n) is 7.81. The van der Waals surface area contributed by atoms with Crippen LogP contribution < -0.4 is 0 Å². The van der Waals surface area contributed by atoms with Crippen LogP contribution in [0.2, 0.25) is 0 Å². The monoisotopic (exact) mass is 519 g/mol. The van der Waals surface area contributed by atoms with E-state index in [9.17, 15) is 27.9 Å². The molecule has 192 valence electrons. The minimum absolute atomic E-state index is 0.0461. The Balaban J connectivity index is 1.35. The number of halogens is 3. The van der Waals surface area contributed by atoms with Crippen molar-refractivity contribution < 1.29 is 27.9 Å². The van der Waals surface area contributed by atoms with Crippen molar-refractivity contribution in [1.82, 2.24) is 14.5 Å². The predicted octanol–water partition coefficient (Wildman–Crippen LogP) is 5.72. The third kappa shape index (κ3) is 4.63. The molecular formula is C26H28F3N3O3S. The number of carbonyl (C=O) groups excluding carboxylic acids is 1. The van der Waals surface area contributed by atoms with E-state index in [0.29, 0.717) is 43.6 Å². The number of carboxylic acids is 1. The van der Waals surface area contributed by atoms with Gasteiger partial charge in [0, 0.05) is 35.1 Å². The summed E-state index contributed by atoms with van der Waals surface area (Å²) in [6.07, 6.45) is 0.950. The van der Waals surface area contributed by atoms with Gasteiger partial charge in [0.2, 0.25) is 5.91 Å². The van der Waals surface area contributed by atoms with E-state index in [2.05, 4.69) is 4.98 Å². The summed E-state index contributed by atoms with van der Waals surface area (Å²) in [5.74, 6) is -0.555. The second-order valence-corrected chi connectivity index (χ2v) is 11.4. The van der Waals surface area contributed by atoms with E-state index in [4.69, 9.17) is 0 Å². The van der Waals surface area contributed by atoms with Crippen molar-refractivity contribution in [2.75, 3.05) is 6.54 Å². The fourth-order valence-corrected chi connectivity index (χ4v) is 6.39. The van der Waals surface area contributed by atoms with Crippen LogP contribution in [0.3, 0.4) is 0 Å². The van der Waals surface area contributed by atoms with Crippen molar-refractivity contribution in [1.29, 1.82) is 0 Å². The summed E-state index contributed by atoms with van der Waals surface area (Å²) in [6.45, 7) is 3.01. The first-order valence-corrected chi connectivity index (χ1v) is 13.0. The zero-order valence-corrected chi connectivity index (χ0v) is 20.8. The maximum Gasteiger partial charge on any atom is 0.425 e. The first kappa shape index (κ1) is 24.8. The highest BCUT2D eigenvalue weighted by Crippen LogP contribution is 2.41. The number of aromatic nitrogens is 2. The molecule has 0 radical (unpaired) electrons. The van der Waals surface area contributed by atoms with E-state index in [-0.39, 0.29) is 18.4 Å². The summed E-state index contributed by atoms with van der Waals surface area (Å²) in [7, 11) is 0. The number of alkyl halides is 3. The topological polar surface area (TPSA) is 75.4 Å². The van der Waals surface area contributed by atoms with E-state index >= 15 is 0 Å². The molecule has 4 heterocycles. The van der Waals surface area contributed by atoms with Gasteiger partial charge in [-0.25, -0.2) is 4.98 Å². The number of amides is 1. The van der Waals surface area contributed by atoms with Crippen LogP contribution in [0.5, 0.6) is 0 Å². The number of carboxylic acid groups (broad SMARTS) is 1. The first-order chi connectivity index (χ1) is 17.0. The van der Waals surface area contributed by atoms with Crippen LogP contribution in [-0.2, 0) is 35.3 Å². The SMILES string of the molecule is C[C@]1(C(=O)O)CC[C@H](CC(=O)N2CCc3c(n(Cc4ccc(C(F)(F)F)s4)c4ncccc34)C2)CC1. The molecule has 36 heavy (non-hydrogen) atoms. The molecule has 2 aliphatic rings. The Labute approximate surface area is 210 Å². The molecule has 1 aliphatic heterocycles. The molecule has 1 aliphatic carbocycles. The fraction of sp³-hybridized carbons (Fsp3) is 0.500. The second kappa shape index (κ2) is 9.21. The summed E-state index contributed by atoms with van der Waals surface area (Å²) in [5, 5.41) is 10.4. The number of carbonyl (C=O) groups is 2. The number of nitrogens with zero attached hydrogens (tertiary/aromatic N) is 3. The van der Waals surface area contributed by atoms with E-state index in [1.165, 1.54) is 6.07 Å². The molecule has 3 aromatic rings. The Morgan fingerprint density at radius 2 is 1.97 bits per heavy atom. The number of hydrogen-bond donors (Lipinski definition) is 1. The third-order valence-corrected chi connectivity index (χ3v) is 8.92. The van der Waals surface area contributed by atoms with Crippen LogP contribution in [0.15, 0.2) is 30.5 Å². The van der Waals surface area contributed by atoms with Crippen LogP contribution in [0.25, 0.3) is 11.0 Å². The average molecular weight is 520 g/mol. The lowest BCUT2D eigenvalue weighted by atomic mass is 9.71. The maximum absolute atomic E-state index is 13.2. The largest absolute Gasteiger partial charge is 0.481 e. The zero-order valence-electron chi connectivity index (χ0n) is 20.0. The van der Waals surface area contributed by atoms with Gasteiger partial charge in [0.15, 0.2) is 0 Å². The number of hydrogen-bond acceptors (Lipinski definition) is 4. The normalized spacial score (nSPS) is 22.6. The summed E-state index contributed by atoms with van der Waals surface area (Å²) >= 11 is 0.734. The lowest BCUT2D eigenvalue weighted by Crippen LogP contribution is -2.39. The zero-order chi connectivity index (χ0) is 25.7. The van der Waals surface area contributed by atoms with E-state index in [1.54, 1.807) is 13.1 Å². The van der Waals surface area contributed by atoms with Crippen LogP contribution >= 0.6 is 11.3 Å². The molecule has 0 unspecified atom stereocenters. The molecular weight excluding hydrogens is 491 g/mol. The van der Waals surface area contributed by atoms with Gasteiger partial charge in [-0.2, -0.15) is 13.2 Å². The molecule has 1 N–H and O–H groups in total. The predicted molar refractivity (Wildman–Crippen MR) is 130 cm³/mol. The number of thiophene rings is 1. The van der Waals surface area contributed by atoms with Crippen molar-refractivity contribution in [3.8, 4) is 0 Å². The molecule has 0 aromatic carbocycles. The molecule has 1 amide bonds. The molecule has 1 fully saturated rings. The summed E-state index contributed by atoms with van der Waals surface area (Å²) in [6, 6.07) is 6.45. The van der Waals surface area contributed by atoms with E-state index in [1.807, 2.05) is 21.6 Å². The van der Waals surface area contributed by atoms with Gasteiger partial charge in [-0.05, 0) is 74.8 Å². The highest BCUT2D eigenvalue weighted by atomic mass is 32.1. The van der Waals surface area contributed by atoms with Crippen molar-refractivity contribution in [2.24, 2.45) is 11.3 Å². The summed E-state index contributed by atoms with van der Waals surface area (Å²) in [5.41, 5.74) is 2.04. The van der Waals surface area contributed by atoms with Gasteiger partial charge in [0.05, 0.1) is 18.5 Å². The molecule has 0 saturated heterocycles. The molecule has 0 spiro atoms. The molecule has 0 bridgehead atoms. The van der Waals surface area contributed by atoms with Crippen LogP contribution in [0.1, 0.15) is 60.0 Å². The lowest BCUT2D eigenvalue weighted by Gasteiger charge is -2.35. The van der Waals surface area contributed by atoms with Gasteiger partial charge < -0.3 is 14.6 Å². The van der Waals surface area contributed by atoms with Gasteiger partial charge in [-0.1, -0.05) is 0 Å². The number of pyridine rings is 1. The van der Waals surface area contributed by atoms with Crippen LogP contribution in [-0.4, -0.2) is 38.0 Å². The minimum atomic E-state index is -4.37. The maximum atomic E-state index is 13.2. The quantitative estimate of drug-likeness (QED) is 0.468. The molecule has 10 heteroatoms. The number of fused-ring (bicyclic) bond motifs is 3. The highest BCUT2D eigenvalue weighted by molar-refractivity contribution is 7.12. The van der Waals surface area contributed by atoms with E-state index < -0.39 is 22.4 Å². The lowest BCUT2D eigenvalue weighted by molar-refractivity contribution is -0.150. The molecule has 5 rings (SSSR count). The Morgan fingerprint density at radius 1 is 1.22 bits per heavy atom. The van der Waals surface area contributed by atoms with Gasteiger partial charge in [0.25, 0.3) is 0 Å². The highest BCUT2D eigenvalue weighted by Gasteiger charge is 2.38. The molecule has 3 aromatic heterocycles. The summed E-state index contributed by atoms with van der Waals surface area (Å²) < 4.78 is 41.4. The van der Waals surface area contributed by atoms with Crippen molar-refractivity contribution in [3.05, 3.63) is 51.5 Å². The van der Waals surface area contributed by atoms with E-state index in [0.717, 1.165) is 52.5 Å². The Hall–Kier alpha value is -2.88. The first-order valence-electron chi connectivity index (χ1n) is 12.2. The minimum Gasteiger partial charge on any atom is -0.481 e. The standard InChI is InChI=1S/C26H28F3N3O3S/c1-25(24(34)35)9-6-16(7-10-25)13-22(33)31-12-8-18-19-3-2-11-30-23(19)32(20(18)15-31)14-17-4-5-21(36-17)26(27,28)29/h2-5,11,16H,6-10,12-15H2,1H3,(H,34,35)/t16-,25-. The number of aliphatic carboxylic acids is 1. The second-order valence-electron chi connectivity index (χ2n) is 10.2. The molecule has 1 saturated carbocycles. The number of rotatable bonds is 5. The van der Waals surface area contributed by atoms with Crippen molar-refractivity contribution >= 4 is 34.2 Å². The molecule has 0 atom stereocenters. The van der Waals surface area contributed by atoms with Crippen molar-refractivity contribution in [3.63, 3.8) is 0 Å². The van der Waals surface area contributed by atoms with Crippen LogP contribution in [0, 0.1) is 11.3 Å². The van der Waals surface area contributed by atoms with Crippen molar-refractivity contribution in [2.45, 2.75) is 64.7 Å². The average Bonchev–Trinajstić information content (AvgIpc) is 3.44. The fourth-order valence-electron chi connectivity index (χ4n) is 5.52. The van der Waals surface area contributed by atoms with Gasteiger partial charge in [-0.15, -0.1) is 11.3 Å². The van der Waals surface area contributed by atoms with Gasteiger partial charge in [-0.3, -0.25) is 9.59 Å². The Bertz CT molecular complexity index is 1300. The van der Waals surface area contributed by atoms with Gasteiger partial charge >= 0.3 is 12.1 Å². The molecule has 6 nitrogen and oxygen atoms in total.